The summed E-state index contributed by atoms with van der Waals surface area (Å²) in [5, 5.41) is 6.67. The summed E-state index contributed by atoms with van der Waals surface area (Å²) in [6, 6.07) is 8.01. The number of hydrogen-bond acceptors (Lipinski definition) is 7. The van der Waals surface area contributed by atoms with E-state index in [1.54, 1.807) is 29.3 Å². The van der Waals surface area contributed by atoms with E-state index < -0.39 is 17.2 Å². The summed E-state index contributed by atoms with van der Waals surface area (Å²) >= 11 is 6.92. The molecule has 246 valence electrons. The molecule has 0 spiro atoms. The molecule has 9 nitrogen and oxygen atoms in total. The first-order valence-electron chi connectivity index (χ1n) is 16.0. The van der Waals surface area contributed by atoms with Crippen molar-refractivity contribution in [1.82, 2.24) is 29.5 Å². The maximum absolute atomic E-state index is 17.0. The van der Waals surface area contributed by atoms with Crippen LogP contribution in [0.25, 0.3) is 43.8 Å². The van der Waals surface area contributed by atoms with Crippen molar-refractivity contribution in [3.05, 3.63) is 59.4 Å². The molecule has 2 aromatic carbocycles. The molecule has 2 aliphatic rings. The third-order valence-electron chi connectivity index (χ3n) is 9.40. The molecule has 12 heteroatoms. The van der Waals surface area contributed by atoms with Gasteiger partial charge in [0.2, 0.25) is 0 Å². The average molecular weight is 662 g/mol. The van der Waals surface area contributed by atoms with Crippen molar-refractivity contribution in [1.29, 1.82) is 0 Å². The van der Waals surface area contributed by atoms with E-state index in [0.717, 1.165) is 24.0 Å². The third kappa shape index (κ3) is 5.43. The number of aromatic nitrogens is 4. The van der Waals surface area contributed by atoms with Crippen LogP contribution in [0.15, 0.2) is 42.7 Å². The lowest BCUT2D eigenvalue weighted by molar-refractivity contribution is 0.00752. The molecule has 0 aliphatic carbocycles. The Balaban J connectivity index is 1.37. The molecule has 2 fully saturated rings. The van der Waals surface area contributed by atoms with Crippen molar-refractivity contribution < 1.29 is 18.3 Å². The van der Waals surface area contributed by atoms with Crippen LogP contribution in [0.3, 0.4) is 0 Å². The maximum atomic E-state index is 17.0. The topological polar surface area (TPSA) is 79.6 Å². The van der Waals surface area contributed by atoms with Crippen molar-refractivity contribution in [2.75, 3.05) is 38.6 Å². The molecule has 0 unspecified atom stereocenters. The number of halogens is 3. The van der Waals surface area contributed by atoms with E-state index in [1.165, 1.54) is 12.1 Å². The first kappa shape index (κ1) is 31.5. The number of nitrogens with zero attached hydrogens (tertiary/aromatic N) is 7. The number of pyridine rings is 2. The SMILES string of the molecule is C[C@@H]1C[C@@H](n2ncc3c(N4CC(N(C)C)C4)nc4c(F)c(-c5ccc(F)c6cccnc56)c(Cl)cc4c32)CCN1C(=O)OC(C)(C)C. The Morgan fingerprint density at radius 2 is 1.85 bits per heavy atom. The van der Waals surface area contributed by atoms with Crippen LogP contribution >= 0.6 is 11.6 Å². The van der Waals surface area contributed by atoms with Gasteiger partial charge in [0, 0.05) is 59.8 Å². The van der Waals surface area contributed by atoms with Gasteiger partial charge in [0.1, 0.15) is 22.8 Å². The molecule has 47 heavy (non-hydrogen) atoms. The second kappa shape index (κ2) is 11.6. The van der Waals surface area contributed by atoms with Crippen LogP contribution in [-0.2, 0) is 4.74 Å². The molecule has 3 aromatic heterocycles. The van der Waals surface area contributed by atoms with Crippen LogP contribution in [0.4, 0.5) is 19.4 Å². The number of likely N-dealkylation sites (N-methyl/N-ethyl adjacent to an activating group) is 1. The number of ether oxygens (including phenoxy) is 1. The highest BCUT2D eigenvalue weighted by Gasteiger charge is 2.36. The quantitative estimate of drug-likeness (QED) is 0.198. The van der Waals surface area contributed by atoms with Crippen molar-refractivity contribution in [2.24, 2.45) is 0 Å². The van der Waals surface area contributed by atoms with E-state index in [2.05, 4.69) is 14.8 Å². The Bertz CT molecular complexity index is 2040. The number of fused-ring (bicyclic) bond motifs is 4. The Morgan fingerprint density at radius 1 is 1.09 bits per heavy atom. The molecular formula is C35H38ClF2N7O2. The Morgan fingerprint density at radius 3 is 2.55 bits per heavy atom. The van der Waals surface area contributed by atoms with Crippen LogP contribution in [0.1, 0.15) is 46.6 Å². The number of carbonyl (C=O) groups excluding carboxylic acids is 1. The van der Waals surface area contributed by atoms with Gasteiger partial charge < -0.3 is 19.4 Å². The second-order valence-corrected chi connectivity index (χ2v) is 14.4. The molecule has 2 saturated heterocycles. The van der Waals surface area contributed by atoms with Gasteiger partial charge in [-0.15, -0.1) is 0 Å². The summed E-state index contributed by atoms with van der Waals surface area (Å²) in [5.74, 6) is -0.384. The predicted molar refractivity (Wildman–Crippen MR) is 181 cm³/mol. The molecule has 2 atom stereocenters. The summed E-state index contributed by atoms with van der Waals surface area (Å²) in [4.78, 5) is 28.4. The van der Waals surface area contributed by atoms with Gasteiger partial charge in [0.15, 0.2) is 5.82 Å². The minimum Gasteiger partial charge on any atom is -0.444 e. The number of carbonyl (C=O) groups is 1. The molecular weight excluding hydrogens is 624 g/mol. The zero-order valence-corrected chi connectivity index (χ0v) is 28.1. The van der Waals surface area contributed by atoms with E-state index >= 15 is 4.39 Å². The van der Waals surface area contributed by atoms with Crippen LogP contribution < -0.4 is 4.90 Å². The number of likely N-dealkylation sites (tertiary alicyclic amines) is 1. The van der Waals surface area contributed by atoms with Gasteiger partial charge in [0.25, 0.3) is 0 Å². The van der Waals surface area contributed by atoms with Crippen molar-refractivity contribution in [3.63, 3.8) is 0 Å². The van der Waals surface area contributed by atoms with Gasteiger partial charge in [0.05, 0.1) is 33.7 Å². The van der Waals surface area contributed by atoms with Gasteiger partial charge in [-0.2, -0.15) is 5.10 Å². The fourth-order valence-electron chi connectivity index (χ4n) is 6.88. The number of hydrogen-bond donors (Lipinski definition) is 0. The fourth-order valence-corrected chi connectivity index (χ4v) is 7.17. The van der Waals surface area contributed by atoms with E-state index in [1.807, 2.05) is 52.7 Å². The highest BCUT2D eigenvalue weighted by atomic mass is 35.5. The summed E-state index contributed by atoms with van der Waals surface area (Å²) < 4.78 is 39.3. The van der Waals surface area contributed by atoms with Crippen LogP contribution in [-0.4, -0.2) is 87.1 Å². The molecule has 7 rings (SSSR count). The minimum absolute atomic E-state index is 0.0580. The second-order valence-electron chi connectivity index (χ2n) is 13.9. The Labute approximate surface area is 277 Å². The van der Waals surface area contributed by atoms with Crippen molar-refractivity contribution >= 4 is 56.2 Å². The largest absolute Gasteiger partial charge is 0.444 e. The fraction of sp³-hybridized carbons (Fsp3) is 0.429. The summed E-state index contributed by atoms with van der Waals surface area (Å²) in [5.41, 5.74) is 1.16. The molecule has 5 aromatic rings. The highest BCUT2D eigenvalue weighted by molar-refractivity contribution is 6.35. The molecule has 0 saturated carbocycles. The van der Waals surface area contributed by atoms with Gasteiger partial charge in [-0.05, 0) is 85.0 Å². The number of amides is 1. The van der Waals surface area contributed by atoms with Crippen LogP contribution in [0.5, 0.6) is 0 Å². The third-order valence-corrected chi connectivity index (χ3v) is 9.70. The van der Waals surface area contributed by atoms with Crippen molar-refractivity contribution in [2.45, 2.75) is 64.3 Å². The Hall–Kier alpha value is -4.09. The summed E-state index contributed by atoms with van der Waals surface area (Å²) in [6.07, 6.45) is 4.32. The molecule has 0 N–H and O–H groups in total. The first-order valence-corrected chi connectivity index (χ1v) is 16.3. The van der Waals surface area contributed by atoms with E-state index in [-0.39, 0.29) is 39.7 Å². The predicted octanol–water partition coefficient (Wildman–Crippen LogP) is 7.44. The van der Waals surface area contributed by atoms with Crippen LogP contribution in [0.2, 0.25) is 5.02 Å². The zero-order valence-electron chi connectivity index (χ0n) is 27.4. The van der Waals surface area contributed by atoms with Crippen LogP contribution in [0, 0.1) is 11.6 Å². The lowest BCUT2D eigenvalue weighted by atomic mass is 9.97. The zero-order chi connectivity index (χ0) is 33.4. The summed E-state index contributed by atoms with van der Waals surface area (Å²) in [7, 11) is 4.09. The molecule has 1 amide bonds. The molecule has 2 aliphatic heterocycles. The van der Waals surface area contributed by atoms with Gasteiger partial charge >= 0.3 is 6.09 Å². The Kier molecular flexibility index (Phi) is 7.75. The van der Waals surface area contributed by atoms with Crippen molar-refractivity contribution in [3.8, 4) is 11.1 Å². The number of anilines is 1. The first-order chi connectivity index (χ1) is 22.3. The standard InChI is InChI=1S/C35H38ClF2N7O2/c1-19-14-20(11-13-44(19)34(46)47-35(2,3)4)45-32-24-15-26(36)28(23-9-10-27(37)22-8-7-12-39-30(22)23)29(38)31(24)41-33(25(32)16-40-45)43-17-21(18-43)42(5)6/h7-10,12,15-16,19-21H,11,13-14,17-18H2,1-6H3/t19-,20+/m1/s1. The number of benzene rings is 2. The lowest BCUT2D eigenvalue weighted by Gasteiger charge is -2.43. The molecule has 5 heterocycles. The van der Waals surface area contributed by atoms with E-state index in [9.17, 15) is 9.18 Å². The van der Waals surface area contributed by atoms with Gasteiger partial charge in [-0.25, -0.2) is 18.6 Å². The maximum Gasteiger partial charge on any atom is 0.410 e. The molecule has 0 radical (unpaired) electrons. The number of rotatable bonds is 4. The highest BCUT2D eigenvalue weighted by Crippen LogP contribution is 2.43. The van der Waals surface area contributed by atoms with Gasteiger partial charge in [-0.3, -0.25) is 9.67 Å². The number of piperidine rings is 1. The average Bonchev–Trinajstić information content (AvgIpc) is 3.43. The van der Waals surface area contributed by atoms with Gasteiger partial charge in [-0.1, -0.05) is 11.6 Å². The van der Waals surface area contributed by atoms with E-state index in [4.69, 9.17) is 26.4 Å². The minimum atomic E-state index is -0.597. The normalized spacial score (nSPS) is 19.3. The van der Waals surface area contributed by atoms with E-state index in [0.29, 0.717) is 47.7 Å². The lowest BCUT2D eigenvalue weighted by Crippen LogP contribution is -2.57. The molecule has 0 bridgehead atoms. The monoisotopic (exact) mass is 661 g/mol. The smallest absolute Gasteiger partial charge is 0.410 e. The summed E-state index contributed by atoms with van der Waals surface area (Å²) in [6.45, 7) is 9.57.